The Morgan fingerprint density at radius 1 is 1.83 bits per heavy atom. The van der Waals surface area contributed by atoms with E-state index in [1.165, 1.54) is 6.33 Å². The van der Waals surface area contributed by atoms with E-state index in [-0.39, 0.29) is 6.04 Å². The molecule has 0 aliphatic carbocycles. The summed E-state index contributed by atoms with van der Waals surface area (Å²) in [6.45, 7) is 2.97. The summed E-state index contributed by atoms with van der Waals surface area (Å²) in [5.41, 5.74) is 0. The minimum atomic E-state index is -0.146. The smallest absolute Gasteiger partial charge is 0.153 e. The predicted octanol–water partition coefficient (Wildman–Crippen LogP) is 0.479. The van der Waals surface area contributed by atoms with Crippen LogP contribution in [0.25, 0.3) is 0 Å². The fourth-order valence-corrected chi connectivity index (χ4v) is 0.877. The van der Waals surface area contributed by atoms with Crippen molar-refractivity contribution in [2.75, 3.05) is 6.54 Å². The number of nitrogens with zero attached hydrogens (tertiary/aromatic N) is 2. The van der Waals surface area contributed by atoms with E-state index in [9.17, 15) is 0 Å². The van der Waals surface area contributed by atoms with Crippen LogP contribution in [-0.2, 0) is 0 Å². The van der Waals surface area contributed by atoms with E-state index >= 15 is 0 Å². The first-order valence-corrected chi connectivity index (χ1v) is 3.93. The number of H-pyrrole nitrogens is 1. The molecule has 0 bridgehead atoms. The van der Waals surface area contributed by atoms with Crippen LogP contribution in [-0.4, -0.2) is 21.7 Å². The third kappa shape index (κ3) is 2.07. The van der Waals surface area contributed by atoms with E-state index < -0.39 is 0 Å². The highest BCUT2D eigenvalue weighted by Crippen LogP contribution is 2.02. The highest BCUT2D eigenvalue weighted by molar-refractivity contribution is 5.09. The van der Waals surface area contributed by atoms with Gasteiger partial charge in [-0.3, -0.25) is 10.4 Å². The minimum absolute atomic E-state index is 0.146. The summed E-state index contributed by atoms with van der Waals surface area (Å²) in [7, 11) is 0. The molecule has 64 valence electrons. The third-order valence-corrected chi connectivity index (χ3v) is 1.47. The van der Waals surface area contributed by atoms with E-state index in [1.54, 1.807) is 0 Å². The second kappa shape index (κ2) is 4.52. The zero-order valence-electron chi connectivity index (χ0n) is 7.04. The van der Waals surface area contributed by atoms with Crippen LogP contribution in [0.4, 0.5) is 0 Å². The van der Waals surface area contributed by atoms with Gasteiger partial charge in [-0.2, -0.15) is 5.10 Å². The zero-order valence-corrected chi connectivity index (χ0v) is 7.04. The van der Waals surface area contributed by atoms with Gasteiger partial charge in [-0.15, -0.1) is 6.42 Å². The molecule has 0 fully saturated rings. The Morgan fingerprint density at radius 3 is 3.17 bits per heavy atom. The number of rotatable bonds is 4. The number of nitrogens with one attached hydrogen (secondary N) is 2. The van der Waals surface area contributed by atoms with E-state index in [2.05, 4.69) is 33.3 Å². The Labute approximate surface area is 71.8 Å². The Morgan fingerprint density at radius 2 is 2.67 bits per heavy atom. The van der Waals surface area contributed by atoms with Crippen LogP contribution >= 0.6 is 0 Å². The van der Waals surface area contributed by atoms with E-state index in [0.29, 0.717) is 5.82 Å². The number of hydrogen-bond donors (Lipinski definition) is 2. The van der Waals surface area contributed by atoms with Crippen molar-refractivity contribution in [2.45, 2.75) is 19.4 Å². The monoisotopic (exact) mass is 164 g/mol. The quantitative estimate of drug-likeness (QED) is 0.636. The van der Waals surface area contributed by atoms with Gasteiger partial charge in [0.25, 0.3) is 0 Å². The molecule has 1 rings (SSSR count). The number of hydrogen-bond acceptors (Lipinski definition) is 3. The van der Waals surface area contributed by atoms with Crippen LogP contribution in [0.5, 0.6) is 0 Å². The molecule has 0 spiro atoms. The molecule has 1 aromatic heterocycles. The van der Waals surface area contributed by atoms with Gasteiger partial charge in [-0.05, 0) is 13.0 Å². The predicted molar refractivity (Wildman–Crippen MR) is 46.3 cm³/mol. The average Bonchev–Trinajstić information content (AvgIpc) is 2.59. The van der Waals surface area contributed by atoms with Gasteiger partial charge in [0.1, 0.15) is 12.4 Å². The van der Waals surface area contributed by atoms with Gasteiger partial charge < -0.3 is 0 Å². The molecule has 0 aliphatic rings. The zero-order chi connectivity index (χ0) is 8.81. The van der Waals surface area contributed by atoms with Gasteiger partial charge in [0, 0.05) is 0 Å². The normalized spacial score (nSPS) is 12.3. The summed E-state index contributed by atoms with van der Waals surface area (Å²) in [6.07, 6.45) is 7.80. The summed E-state index contributed by atoms with van der Waals surface area (Å²) < 4.78 is 0. The van der Waals surface area contributed by atoms with Gasteiger partial charge in [0.15, 0.2) is 5.82 Å². The molecule has 0 amide bonds. The maximum Gasteiger partial charge on any atom is 0.153 e. The van der Waals surface area contributed by atoms with Crippen molar-refractivity contribution in [2.24, 2.45) is 0 Å². The lowest BCUT2D eigenvalue weighted by atomic mass is 10.3. The van der Waals surface area contributed by atoms with Gasteiger partial charge >= 0.3 is 0 Å². The second-order valence-corrected chi connectivity index (χ2v) is 2.42. The molecule has 0 aliphatic heterocycles. The minimum Gasteiger partial charge on any atom is -0.297 e. The van der Waals surface area contributed by atoms with Gasteiger partial charge in [0.05, 0.1) is 0 Å². The molecule has 0 saturated carbocycles. The first-order valence-electron chi connectivity index (χ1n) is 3.93. The molecule has 0 aromatic carbocycles. The Balaban J connectivity index is 2.53. The summed E-state index contributed by atoms with van der Waals surface area (Å²) >= 11 is 0. The van der Waals surface area contributed by atoms with E-state index in [4.69, 9.17) is 6.42 Å². The topological polar surface area (TPSA) is 53.6 Å². The van der Waals surface area contributed by atoms with Crippen molar-refractivity contribution in [3.63, 3.8) is 0 Å². The van der Waals surface area contributed by atoms with Crippen LogP contribution in [0.3, 0.4) is 0 Å². The fraction of sp³-hybridized carbons (Fsp3) is 0.500. The van der Waals surface area contributed by atoms with Crippen molar-refractivity contribution in [1.29, 1.82) is 0 Å². The van der Waals surface area contributed by atoms with Gasteiger partial charge in [-0.1, -0.05) is 12.8 Å². The Bertz CT molecular complexity index is 247. The molecule has 0 saturated heterocycles. The number of terminal acetylenes is 1. The molecule has 1 unspecified atom stereocenters. The molecule has 12 heavy (non-hydrogen) atoms. The molecule has 2 N–H and O–H groups in total. The summed E-state index contributed by atoms with van der Waals surface area (Å²) in [5.74, 6) is 3.29. The van der Waals surface area contributed by atoms with Gasteiger partial charge in [0.2, 0.25) is 0 Å². The summed E-state index contributed by atoms with van der Waals surface area (Å²) in [5, 5.41) is 9.61. The first-order chi connectivity index (χ1) is 5.88. The lowest BCUT2D eigenvalue weighted by molar-refractivity contribution is 0.601. The van der Waals surface area contributed by atoms with E-state index in [1.807, 2.05) is 0 Å². The molecular formula is C8H12N4. The highest BCUT2D eigenvalue weighted by Gasteiger charge is 2.08. The standard InChI is InChI=1S/C8H12N4/c1-3-5-9-7(4-2)8-10-6-11-12-8/h2,6-7,9H,3,5H2,1H3,(H,10,11,12). The van der Waals surface area contributed by atoms with E-state index in [0.717, 1.165) is 13.0 Å². The molecule has 1 heterocycles. The highest BCUT2D eigenvalue weighted by atomic mass is 15.2. The maximum absolute atomic E-state index is 5.30. The molecule has 0 radical (unpaired) electrons. The Hall–Kier alpha value is -1.34. The van der Waals surface area contributed by atoms with Crippen molar-refractivity contribution >= 4 is 0 Å². The van der Waals surface area contributed by atoms with Crippen LogP contribution in [0, 0.1) is 12.3 Å². The van der Waals surface area contributed by atoms with Crippen LogP contribution < -0.4 is 5.32 Å². The summed E-state index contributed by atoms with van der Waals surface area (Å²) in [4.78, 5) is 3.97. The van der Waals surface area contributed by atoms with Crippen LogP contribution in [0.15, 0.2) is 6.33 Å². The number of aromatic nitrogens is 3. The average molecular weight is 164 g/mol. The molecule has 4 nitrogen and oxygen atoms in total. The first kappa shape index (κ1) is 8.75. The van der Waals surface area contributed by atoms with Gasteiger partial charge in [-0.25, -0.2) is 4.98 Å². The summed E-state index contributed by atoms with van der Waals surface area (Å²) in [6, 6.07) is -0.146. The lowest BCUT2D eigenvalue weighted by Crippen LogP contribution is -2.21. The molecular weight excluding hydrogens is 152 g/mol. The fourth-order valence-electron chi connectivity index (χ4n) is 0.877. The molecule has 4 heteroatoms. The maximum atomic E-state index is 5.30. The van der Waals surface area contributed by atoms with Crippen LogP contribution in [0.2, 0.25) is 0 Å². The lowest BCUT2D eigenvalue weighted by Gasteiger charge is -2.07. The third-order valence-electron chi connectivity index (χ3n) is 1.47. The molecule has 1 aromatic rings. The largest absolute Gasteiger partial charge is 0.297 e. The number of aromatic amines is 1. The van der Waals surface area contributed by atoms with Crippen molar-refractivity contribution in [3.8, 4) is 12.3 Å². The van der Waals surface area contributed by atoms with Crippen molar-refractivity contribution < 1.29 is 0 Å². The van der Waals surface area contributed by atoms with Crippen molar-refractivity contribution in [3.05, 3.63) is 12.2 Å². The van der Waals surface area contributed by atoms with Crippen molar-refractivity contribution in [1.82, 2.24) is 20.5 Å². The SMILES string of the molecule is C#CC(NCCC)c1ncn[nH]1. The molecule has 1 atom stereocenters. The van der Waals surface area contributed by atoms with Crippen LogP contribution in [0.1, 0.15) is 25.2 Å². The second-order valence-electron chi connectivity index (χ2n) is 2.42. The Kier molecular flexibility index (Phi) is 3.30.